The molecule has 144 valence electrons. The quantitative estimate of drug-likeness (QED) is 0.499. The fraction of sp³-hybridized carbons (Fsp3) is 0.130. The minimum absolute atomic E-state index is 0.243. The Hall–Kier alpha value is -3.67. The third kappa shape index (κ3) is 3.23. The van der Waals surface area contributed by atoms with E-state index in [1.807, 2.05) is 30.3 Å². The van der Waals surface area contributed by atoms with E-state index in [-0.39, 0.29) is 17.6 Å². The summed E-state index contributed by atoms with van der Waals surface area (Å²) in [5.41, 5.74) is 1.46. The molecular formula is C23H16FNO4. The van der Waals surface area contributed by atoms with Gasteiger partial charge in [0.2, 0.25) is 11.8 Å². The van der Waals surface area contributed by atoms with Gasteiger partial charge in [0.15, 0.2) is 0 Å². The van der Waals surface area contributed by atoms with Crippen molar-refractivity contribution >= 4 is 33.6 Å². The Morgan fingerprint density at radius 3 is 2.55 bits per heavy atom. The monoisotopic (exact) mass is 389 g/mol. The normalized spacial score (nSPS) is 16.9. The first-order valence-corrected chi connectivity index (χ1v) is 9.29. The van der Waals surface area contributed by atoms with E-state index in [2.05, 4.69) is 5.32 Å². The van der Waals surface area contributed by atoms with Gasteiger partial charge >= 0.3 is 0 Å². The number of carbonyl (C=O) groups excluding carboxylic acids is 2. The van der Waals surface area contributed by atoms with Crippen molar-refractivity contribution in [3.8, 4) is 11.5 Å². The van der Waals surface area contributed by atoms with Gasteiger partial charge in [0.25, 0.3) is 0 Å². The predicted octanol–water partition coefficient (Wildman–Crippen LogP) is 5.04. The van der Waals surface area contributed by atoms with E-state index in [9.17, 15) is 14.0 Å². The Morgan fingerprint density at radius 1 is 0.966 bits per heavy atom. The van der Waals surface area contributed by atoms with Gasteiger partial charge < -0.3 is 9.15 Å². The number of nitrogens with one attached hydrogen (secondary N) is 1. The molecule has 1 aliphatic rings. The van der Waals surface area contributed by atoms with E-state index in [4.69, 9.17) is 9.15 Å². The van der Waals surface area contributed by atoms with Crippen LogP contribution >= 0.6 is 0 Å². The van der Waals surface area contributed by atoms with Gasteiger partial charge in [0, 0.05) is 17.4 Å². The standard InChI is InChI=1S/C23H16FNO4/c24-15-2-5-16(6-3-15)29-17-4-1-13-11-21-19(10-14(13)9-17)20(12-28-21)18-7-8-22(26)25-23(18)27/h1-6,9-12,18H,7-8H2,(H,25,26,27)/t18-/m1/s1. The van der Waals surface area contributed by atoms with Crippen LogP contribution in [0.3, 0.4) is 0 Å². The number of carbonyl (C=O) groups is 2. The molecule has 0 bridgehead atoms. The Labute approximate surface area is 165 Å². The van der Waals surface area contributed by atoms with Crippen molar-refractivity contribution in [2.75, 3.05) is 0 Å². The summed E-state index contributed by atoms with van der Waals surface area (Å²) < 4.78 is 24.6. The van der Waals surface area contributed by atoms with Crippen LogP contribution in [0.25, 0.3) is 21.7 Å². The van der Waals surface area contributed by atoms with Gasteiger partial charge in [-0.2, -0.15) is 0 Å². The highest BCUT2D eigenvalue weighted by atomic mass is 19.1. The van der Waals surface area contributed by atoms with Crippen LogP contribution in [-0.4, -0.2) is 11.8 Å². The van der Waals surface area contributed by atoms with E-state index in [1.54, 1.807) is 18.4 Å². The smallest absolute Gasteiger partial charge is 0.234 e. The first-order valence-electron chi connectivity index (χ1n) is 9.29. The van der Waals surface area contributed by atoms with Crippen molar-refractivity contribution in [1.29, 1.82) is 0 Å². The fourth-order valence-electron chi connectivity index (χ4n) is 3.73. The first kappa shape index (κ1) is 17.4. The van der Waals surface area contributed by atoms with Crippen molar-refractivity contribution in [3.05, 3.63) is 72.2 Å². The van der Waals surface area contributed by atoms with E-state index >= 15 is 0 Å². The summed E-state index contributed by atoms with van der Waals surface area (Å²) in [6, 6.07) is 15.4. The van der Waals surface area contributed by atoms with E-state index in [1.165, 1.54) is 12.1 Å². The van der Waals surface area contributed by atoms with Crippen LogP contribution in [0, 0.1) is 5.82 Å². The lowest BCUT2D eigenvalue weighted by atomic mass is 9.90. The number of furan rings is 1. The summed E-state index contributed by atoms with van der Waals surface area (Å²) in [6.45, 7) is 0. The number of imide groups is 1. The molecule has 0 saturated carbocycles. The van der Waals surface area contributed by atoms with Gasteiger partial charge in [0.1, 0.15) is 22.9 Å². The summed E-state index contributed by atoms with van der Waals surface area (Å²) in [4.78, 5) is 23.7. The van der Waals surface area contributed by atoms with Crippen LogP contribution in [0.15, 0.2) is 65.3 Å². The van der Waals surface area contributed by atoms with Gasteiger partial charge in [0.05, 0.1) is 12.2 Å². The molecule has 4 aromatic rings. The van der Waals surface area contributed by atoms with Gasteiger partial charge in [-0.3, -0.25) is 14.9 Å². The molecule has 1 aliphatic heterocycles. The Morgan fingerprint density at radius 2 is 1.76 bits per heavy atom. The third-order valence-electron chi connectivity index (χ3n) is 5.20. The Balaban J connectivity index is 1.53. The minimum atomic E-state index is -0.412. The molecular weight excluding hydrogens is 373 g/mol. The minimum Gasteiger partial charge on any atom is -0.464 e. The second-order valence-corrected chi connectivity index (χ2v) is 7.11. The lowest BCUT2D eigenvalue weighted by molar-refractivity contribution is -0.134. The summed E-state index contributed by atoms with van der Waals surface area (Å²) in [5.74, 6) is -0.109. The van der Waals surface area contributed by atoms with Crippen molar-refractivity contribution in [2.45, 2.75) is 18.8 Å². The third-order valence-corrected chi connectivity index (χ3v) is 5.20. The van der Waals surface area contributed by atoms with Crippen molar-refractivity contribution in [2.24, 2.45) is 0 Å². The highest BCUT2D eigenvalue weighted by Crippen LogP contribution is 2.36. The van der Waals surface area contributed by atoms with Crippen molar-refractivity contribution in [1.82, 2.24) is 5.32 Å². The molecule has 1 saturated heterocycles. The zero-order valence-corrected chi connectivity index (χ0v) is 15.3. The second-order valence-electron chi connectivity index (χ2n) is 7.11. The van der Waals surface area contributed by atoms with Gasteiger partial charge in [-0.05, 0) is 65.7 Å². The number of fused-ring (bicyclic) bond motifs is 2. The molecule has 5 rings (SSSR count). The Bertz CT molecular complexity index is 1260. The molecule has 3 aromatic carbocycles. The molecule has 1 N–H and O–H groups in total. The highest BCUT2D eigenvalue weighted by Gasteiger charge is 2.30. The molecule has 0 spiro atoms. The summed E-state index contributed by atoms with van der Waals surface area (Å²) in [6.07, 6.45) is 2.37. The zero-order chi connectivity index (χ0) is 20.0. The molecule has 6 heteroatoms. The van der Waals surface area contributed by atoms with Crippen LogP contribution in [-0.2, 0) is 9.59 Å². The number of rotatable bonds is 3. The molecule has 2 heterocycles. The maximum atomic E-state index is 13.1. The average molecular weight is 389 g/mol. The van der Waals surface area contributed by atoms with Crippen LogP contribution in [0.5, 0.6) is 11.5 Å². The average Bonchev–Trinajstić information content (AvgIpc) is 3.10. The van der Waals surface area contributed by atoms with Gasteiger partial charge in [-0.25, -0.2) is 4.39 Å². The number of ether oxygens (including phenoxy) is 1. The van der Waals surface area contributed by atoms with Gasteiger partial charge in [-0.1, -0.05) is 6.07 Å². The zero-order valence-electron chi connectivity index (χ0n) is 15.3. The van der Waals surface area contributed by atoms with E-state index in [0.29, 0.717) is 29.9 Å². The highest BCUT2D eigenvalue weighted by molar-refractivity contribution is 6.04. The number of hydrogen-bond acceptors (Lipinski definition) is 4. The summed E-state index contributed by atoms with van der Waals surface area (Å²) in [5, 5.41) is 5.12. The number of piperidine rings is 1. The SMILES string of the molecule is O=C1CC[C@H](c2coc3cc4ccc(Oc5ccc(F)cc5)cc4cc23)C(=O)N1. The lowest BCUT2D eigenvalue weighted by Crippen LogP contribution is -2.39. The molecule has 1 aromatic heterocycles. The van der Waals surface area contributed by atoms with E-state index in [0.717, 1.165) is 21.7 Å². The van der Waals surface area contributed by atoms with Crippen LogP contribution in [0.2, 0.25) is 0 Å². The largest absolute Gasteiger partial charge is 0.464 e. The second kappa shape index (κ2) is 6.74. The molecule has 29 heavy (non-hydrogen) atoms. The molecule has 1 fully saturated rings. The molecule has 0 radical (unpaired) electrons. The summed E-state index contributed by atoms with van der Waals surface area (Å²) in [7, 11) is 0. The number of benzene rings is 3. The predicted molar refractivity (Wildman–Crippen MR) is 105 cm³/mol. The molecule has 0 unspecified atom stereocenters. The maximum Gasteiger partial charge on any atom is 0.234 e. The first-order chi connectivity index (χ1) is 14.1. The van der Waals surface area contributed by atoms with Crippen molar-refractivity contribution in [3.63, 3.8) is 0 Å². The lowest BCUT2D eigenvalue weighted by Gasteiger charge is -2.19. The maximum absolute atomic E-state index is 13.1. The van der Waals surface area contributed by atoms with Crippen LogP contribution < -0.4 is 10.1 Å². The fourth-order valence-corrected chi connectivity index (χ4v) is 3.73. The molecule has 2 amide bonds. The number of halogens is 1. The van der Waals surface area contributed by atoms with Crippen molar-refractivity contribution < 1.29 is 23.1 Å². The van der Waals surface area contributed by atoms with E-state index < -0.39 is 5.92 Å². The molecule has 1 atom stereocenters. The van der Waals surface area contributed by atoms with Crippen LogP contribution in [0.1, 0.15) is 24.3 Å². The van der Waals surface area contributed by atoms with Crippen LogP contribution in [0.4, 0.5) is 4.39 Å². The van der Waals surface area contributed by atoms with Gasteiger partial charge in [-0.15, -0.1) is 0 Å². The number of hydrogen-bond donors (Lipinski definition) is 1. The topological polar surface area (TPSA) is 68.5 Å². The summed E-state index contributed by atoms with van der Waals surface area (Å²) >= 11 is 0. The molecule has 0 aliphatic carbocycles. The Kier molecular flexibility index (Phi) is 4.05. The number of amides is 2. The molecule has 5 nitrogen and oxygen atoms in total.